The lowest BCUT2D eigenvalue weighted by atomic mass is 10.1. The van der Waals surface area contributed by atoms with Crippen LogP contribution in [0.5, 0.6) is 11.5 Å². The summed E-state index contributed by atoms with van der Waals surface area (Å²) in [5.41, 5.74) is 6.60. The molecule has 0 fully saturated rings. The Morgan fingerprint density at radius 3 is 2.72 bits per heavy atom. The van der Waals surface area contributed by atoms with E-state index in [4.69, 9.17) is 26.8 Å². The van der Waals surface area contributed by atoms with Gasteiger partial charge in [0.1, 0.15) is 17.3 Å². The van der Waals surface area contributed by atoms with Gasteiger partial charge in [0.15, 0.2) is 0 Å². The van der Waals surface area contributed by atoms with Gasteiger partial charge < -0.3 is 20.5 Å². The highest BCUT2D eigenvalue weighted by molar-refractivity contribution is 6.30. The molecule has 7 nitrogen and oxygen atoms in total. The second-order valence-corrected chi connectivity index (χ2v) is 6.30. The van der Waals surface area contributed by atoms with Gasteiger partial charge in [-0.15, -0.1) is 0 Å². The van der Waals surface area contributed by atoms with Crippen molar-refractivity contribution in [2.24, 2.45) is 5.73 Å². The number of anilines is 2. The average molecular weight is 417 g/mol. The Labute approximate surface area is 171 Å². The summed E-state index contributed by atoms with van der Waals surface area (Å²) in [6.07, 6.45) is 1.52. The highest BCUT2D eigenvalue weighted by atomic mass is 35.5. The maximum atomic E-state index is 14.4. The number of nitrogens with one attached hydrogen (secondary N) is 1. The number of nitrogens with zero attached hydrogens (tertiary/aromatic N) is 2. The fraction of sp³-hybridized carbons (Fsp3) is 0.150. The fourth-order valence-electron chi connectivity index (χ4n) is 2.68. The van der Waals surface area contributed by atoms with Crippen LogP contribution in [0.25, 0.3) is 11.3 Å². The minimum atomic E-state index is -0.748. The zero-order valence-electron chi connectivity index (χ0n) is 15.7. The van der Waals surface area contributed by atoms with E-state index in [1.807, 2.05) is 6.92 Å². The molecular formula is C20H18ClFN4O3. The van der Waals surface area contributed by atoms with Crippen LogP contribution < -0.4 is 20.5 Å². The zero-order chi connectivity index (χ0) is 21.0. The molecule has 0 radical (unpaired) electrons. The molecule has 1 heterocycles. The van der Waals surface area contributed by atoms with Crippen molar-refractivity contribution in [3.63, 3.8) is 0 Å². The molecule has 0 spiro atoms. The molecule has 3 rings (SSSR count). The van der Waals surface area contributed by atoms with E-state index in [9.17, 15) is 9.18 Å². The van der Waals surface area contributed by atoms with Gasteiger partial charge in [-0.1, -0.05) is 11.6 Å². The van der Waals surface area contributed by atoms with Gasteiger partial charge in [-0.3, -0.25) is 4.79 Å². The molecule has 0 saturated carbocycles. The van der Waals surface area contributed by atoms with Crippen molar-refractivity contribution in [3.05, 3.63) is 59.0 Å². The Kier molecular flexibility index (Phi) is 6.13. The summed E-state index contributed by atoms with van der Waals surface area (Å²) in [6, 6.07) is 9.20. The van der Waals surface area contributed by atoms with Crippen molar-refractivity contribution in [2.75, 3.05) is 19.0 Å². The summed E-state index contributed by atoms with van der Waals surface area (Å²) in [5, 5.41) is 3.30. The molecule has 150 valence electrons. The molecule has 0 unspecified atom stereocenters. The molecule has 0 bridgehead atoms. The van der Waals surface area contributed by atoms with Crippen molar-refractivity contribution >= 4 is 29.1 Å². The fourth-order valence-corrected chi connectivity index (χ4v) is 2.85. The van der Waals surface area contributed by atoms with Crippen LogP contribution >= 0.6 is 11.6 Å². The lowest BCUT2D eigenvalue weighted by molar-refractivity contribution is 0.0997. The van der Waals surface area contributed by atoms with Crippen LogP contribution in [0.4, 0.5) is 16.0 Å². The number of primary amides is 1. The Hall–Kier alpha value is -3.39. The topological polar surface area (TPSA) is 99.4 Å². The number of carbonyl (C=O) groups excluding carboxylic acids is 1. The number of hydrogen-bond donors (Lipinski definition) is 2. The highest BCUT2D eigenvalue weighted by Gasteiger charge is 2.16. The first kappa shape index (κ1) is 20.3. The normalized spacial score (nSPS) is 10.5. The van der Waals surface area contributed by atoms with Crippen molar-refractivity contribution in [1.82, 2.24) is 9.97 Å². The van der Waals surface area contributed by atoms with Crippen molar-refractivity contribution in [1.29, 1.82) is 0 Å². The summed E-state index contributed by atoms with van der Waals surface area (Å²) in [7, 11) is 1.32. The average Bonchev–Trinajstić information content (AvgIpc) is 2.69. The number of halogens is 2. The summed E-state index contributed by atoms with van der Waals surface area (Å²) in [5.74, 6) is -0.669. The number of methoxy groups -OCH3 is 1. The molecule has 9 heteroatoms. The second kappa shape index (κ2) is 8.74. The number of ether oxygens (including phenoxy) is 2. The largest absolute Gasteiger partial charge is 0.496 e. The molecule has 1 amide bonds. The molecule has 0 aliphatic carbocycles. The Balaban J connectivity index is 1.98. The van der Waals surface area contributed by atoms with Crippen molar-refractivity contribution in [3.8, 4) is 22.8 Å². The molecule has 0 saturated heterocycles. The molecule has 2 aromatic carbocycles. The molecule has 29 heavy (non-hydrogen) atoms. The van der Waals surface area contributed by atoms with Crippen LogP contribution in [-0.4, -0.2) is 29.6 Å². The van der Waals surface area contributed by atoms with Crippen LogP contribution in [-0.2, 0) is 0 Å². The van der Waals surface area contributed by atoms with E-state index in [0.29, 0.717) is 28.6 Å². The third-order valence-electron chi connectivity index (χ3n) is 3.98. The van der Waals surface area contributed by atoms with Gasteiger partial charge in [0.2, 0.25) is 5.95 Å². The first-order valence-corrected chi connectivity index (χ1v) is 9.00. The third-order valence-corrected chi connectivity index (χ3v) is 4.21. The van der Waals surface area contributed by atoms with Gasteiger partial charge in [-0.05, 0) is 37.3 Å². The summed E-state index contributed by atoms with van der Waals surface area (Å²) >= 11 is 6.05. The number of amides is 1. The first-order chi connectivity index (χ1) is 13.9. The van der Waals surface area contributed by atoms with Gasteiger partial charge in [-0.2, -0.15) is 0 Å². The molecule has 0 atom stereocenters. The van der Waals surface area contributed by atoms with Crippen molar-refractivity contribution < 1.29 is 18.7 Å². The van der Waals surface area contributed by atoms with E-state index in [0.717, 1.165) is 6.07 Å². The van der Waals surface area contributed by atoms with Gasteiger partial charge in [-0.25, -0.2) is 14.4 Å². The van der Waals surface area contributed by atoms with Crippen LogP contribution in [0, 0.1) is 5.82 Å². The predicted octanol–water partition coefficient (Wildman–Crippen LogP) is 4.19. The number of hydrogen-bond acceptors (Lipinski definition) is 6. The van der Waals surface area contributed by atoms with Crippen molar-refractivity contribution in [2.45, 2.75) is 6.92 Å². The quantitative estimate of drug-likeness (QED) is 0.599. The molecule has 1 aromatic heterocycles. The van der Waals surface area contributed by atoms with E-state index < -0.39 is 11.7 Å². The van der Waals surface area contributed by atoms with E-state index >= 15 is 0 Å². The Morgan fingerprint density at radius 1 is 1.24 bits per heavy atom. The minimum Gasteiger partial charge on any atom is -0.496 e. The van der Waals surface area contributed by atoms with Gasteiger partial charge in [0.05, 0.1) is 30.7 Å². The van der Waals surface area contributed by atoms with Crippen LogP contribution in [0.2, 0.25) is 5.02 Å². The lowest BCUT2D eigenvalue weighted by Gasteiger charge is -2.13. The number of aromatic nitrogens is 2. The second-order valence-electron chi connectivity index (χ2n) is 5.86. The maximum Gasteiger partial charge on any atom is 0.252 e. The van der Waals surface area contributed by atoms with Crippen LogP contribution in [0.3, 0.4) is 0 Å². The third kappa shape index (κ3) is 4.55. The smallest absolute Gasteiger partial charge is 0.252 e. The van der Waals surface area contributed by atoms with Crippen LogP contribution in [0.1, 0.15) is 17.3 Å². The first-order valence-electron chi connectivity index (χ1n) is 8.63. The van der Waals surface area contributed by atoms with E-state index in [2.05, 4.69) is 15.3 Å². The minimum absolute atomic E-state index is 0.0158. The molecular weight excluding hydrogens is 399 g/mol. The summed E-state index contributed by atoms with van der Waals surface area (Å²) < 4.78 is 25.0. The monoisotopic (exact) mass is 416 g/mol. The zero-order valence-corrected chi connectivity index (χ0v) is 16.5. The Morgan fingerprint density at radius 2 is 2.03 bits per heavy atom. The van der Waals surface area contributed by atoms with Gasteiger partial charge in [0, 0.05) is 22.8 Å². The molecule has 3 N–H and O–H groups in total. The number of nitrogens with two attached hydrogens (primary N) is 1. The lowest BCUT2D eigenvalue weighted by Crippen LogP contribution is -2.13. The molecule has 0 aliphatic rings. The summed E-state index contributed by atoms with van der Waals surface area (Å²) in [4.78, 5) is 20.1. The molecule has 3 aromatic rings. The van der Waals surface area contributed by atoms with E-state index in [1.165, 1.54) is 19.4 Å². The van der Waals surface area contributed by atoms with E-state index in [-0.39, 0.29) is 22.9 Å². The predicted molar refractivity (Wildman–Crippen MR) is 108 cm³/mol. The van der Waals surface area contributed by atoms with Gasteiger partial charge in [0.25, 0.3) is 5.91 Å². The number of carbonyl (C=O) groups is 1. The standard InChI is InChI=1S/C20H18ClFN4O3/c1-3-29-18-8-11(21)4-5-12(18)15-6-7-24-20(25-15)26-16-9-13(19(23)27)17(28-2)10-14(16)22/h4-10H,3H2,1-2H3,(H2,23,27)(H,24,25,26). The number of rotatable bonds is 7. The highest BCUT2D eigenvalue weighted by Crippen LogP contribution is 2.32. The van der Waals surface area contributed by atoms with Crippen LogP contribution in [0.15, 0.2) is 42.6 Å². The Bertz CT molecular complexity index is 1060. The van der Waals surface area contributed by atoms with Gasteiger partial charge >= 0.3 is 0 Å². The molecule has 0 aliphatic heterocycles. The maximum absolute atomic E-state index is 14.4. The summed E-state index contributed by atoms with van der Waals surface area (Å²) in [6.45, 7) is 2.32. The SMILES string of the molecule is CCOc1cc(Cl)ccc1-c1ccnc(Nc2cc(C(N)=O)c(OC)cc2F)n1. The van der Waals surface area contributed by atoms with E-state index in [1.54, 1.807) is 24.3 Å². The number of benzene rings is 2.